The topological polar surface area (TPSA) is 43.4 Å². The summed E-state index contributed by atoms with van der Waals surface area (Å²) in [6.45, 7) is 2.88. The minimum absolute atomic E-state index is 0.148. The number of carbonyl (C=O) groups is 2. The summed E-state index contributed by atoms with van der Waals surface area (Å²) < 4.78 is 11.0. The smallest absolute Gasteiger partial charge is 0.300 e. The summed E-state index contributed by atoms with van der Waals surface area (Å²) in [5.41, 5.74) is 0. The largest absolute Gasteiger partial charge is 0.349 e. The van der Waals surface area contributed by atoms with E-state index in [9.17, 15) is 14.1 Å². The molecule has 0 rings (SSSR count). The van der Waals surface area contributed by atoms with Crippen LogP contribution in [0, 0.1) is 5.92 Å². The van der Waals surface area contributed by atoms with E-state index in [-0.39, 0.29) is 12.2 Å². The summed E-state index contributed by atoms with van der Waals surface area (Å²) >= 11 is 0. The highest BCUT2D eigenvalue weighted by molar-refractivity contribution is 5.82. The second-order valence-electron chi connectivity index (χ2n) is 2.16. The molecule has 0 spiro atoms. The number of Topliss-reactive ketones (excluding diaryl/α,β-unsaturated/α-hetero) is 1. The fourth-order valence-electron chi connectivity index (χ4n) is 0.425. The molecule has 1 unspecified atom stereocenters. The molecular weight excluding hydrogens is 139 g/mol. The molecule has 0 aliphatic rings. The van der Waals surface area contributed by atoms with Crippen molar-refractivity contribution in [1.82, 2.24) is 0 Å². The molecule has 0 heterocycles. The van der Waals surface area contributed by atoms with Gasteiger partial charge in [-0.05, 0) is 6.92 Å². The molecule has 4 heteroatoms. The van der Waals surface area contributed by atoms with Crippen molar-refractivity contribution in [2.24, 2.45) is 5.92 Å². The summed E-state index contributed by atoms with van der Waals surface area (Å²) in [7, 11) is 0. The SMILES string of the molecule is CC(=O)C(C)CC(=O)OF. The zero-order valence-electron chi connectivity index (χ0n) is 5.89. The Morgan fingerprint density at radius 2 is 2.10 bits per heavy atom. The second kappa shape index (κ2) is 3.98. The molecular formula is C6H9FO3. The minimum atomic E-state index is -0.997. The highest BCUT2D eigenvalue weighted by atomic mass is 19.3. The van der Waals surface area contributed by atoms with Crippen molar-refractivity contribution < 1.29 is 19.1 Å². The third kappa shape index (κ3) is 3.17. The Hall–Kier alpha value is -0.930. The van der Waals surface area contributed by atoms with E-state index in [1.807, 2.05) is 0 Å². The Morgan fingerprint density at radius 1 is 1.60 bits per heavy atom. The van der Waals surface area contributed by atoms with Gasteiger partial charge in [-0.2, -0.15) is 0 Å². The van der Waals surface area contributed by atoms with Crippen LogP contribution in [0.5, 0.6) is 0 Å². The Bertz CT molecular complexity index is 144. The van der Waals surface area contributed by atoms with Gasteiger partial charge in [-0.3, -0.25) is 9.74 Å². The van der Waals surface area contributed by atoms with Crippen molar-refractivity contribution in [1.29, 1.82) is 0 Å². The number of halogens is 1. The van der Waals surface area contributed by atoms with E-state index in [0.717, 1.165) is 0 Å². The molecule has 0 amide bonds. The third-order valence-electron chi connectivity index (χ3n) is 1.25. The van der Waals surface area contributed by atoms with Gasteiger partial charge < -0.3 is 0 Å². The molecule has 0 radical (unpaired) electrons. The molecule has 10 heavy (non-hydrogen) atoms. The molecule has 0 saturated heterocycles. The molecule has 0 aromatic carbocycles. The maximum Gasteiger partial charge on any atom is 0.349 e. The zero-order chi connectivity index (χ0) is 8.15. The third-order valence-corrected chi connectivity index (χ3v) is 1.25. The van der Waals surface area contributed by atoms with Gasteiger partial charge in [-0.15, -0.1) is 0 Å². The summed E-state index contributed by atoms with van der Waals surface area (Å²) in [4.78, 5) is 23.5. The van der Waals surface area contributed by atoms with E-state index >= 15 is 0 Å². The first kappa shape index (κ1) is 9.07. The summed E-state index contributed by atoms with van der Waals surface area (Å²) in [6.07, 6.45) is -0.189. The predicted octanol–water partition coefficient (Wildman–Crippen LogP) is 1.03. The Balaban J connectivity index is 3.68. The molecule has 0 aromatic heterocycles. The van der Waals surface area contributed by atoms with Crippen molar-refractivity contribution in [3.8, 4) is 0 Å². The number of hydrogen-bond donors (Lipinski definition) is 0. The number of hydrogen-bond acceptors (Lipinski definition) is 3. The first-order valence-corrected chi connectivity index (χ1v) is 2.89. The van der Waals surface area contributed by atoms with Crippen molar-refractivity contribution in [3.05, 3.63) is 0 Å². The second-order valence-corrected chi connectivity index (χ2v) is 2.16. The molecule has 0 bridgehead atoms. The highest BCUT2D eigenvalue weighted by Crippen LogP contribution is 2.03. The summed E-state index contributed by atoms with van der Waals surface area (Å²) in [5.74, 6) is -1.60. The monoisotopic (exact) mass is 148 g/mol. The Labute approximate surface area is 58.1 Å². The van der Waals surface area contributed by atoms with Crippen LogP contribution in [-0.2, 0) is 14.5 Å². The van der Waals surface area contributed by atoms with Crippen molar-refractivity contribution in [2.45, 2.75) is 20.3 Å². The average molecular weight is 148 g/mol. The fourth-order valence-corrected chi connectivity index (χ4v) is 0.425. The van der Waals surface area contributed by atoms with Crippen LogP contribution in [0.3, 0.4) is 0 Å². The summed E-state index contributed by atoms with van der Waals surface area (Å²) in [6, 6.07) is 0. The van der Waals surface area contributed by atoms with Crippen LogP contribution < -0.4 is 0 Å². The van der Waals surface area contributed by atoms with E-state index in [1.165, 1.54) is 6.92 Å². The van der Waals surface area contributed by atoms with Crippen LogP contribution in [0.25, 0.3) is 0 Å². The van der Waals surface area contributed by atoms with Crippen LogP contribution in [0.2, 0.25) is 0 Å². The van der Waals surface area contributed by atoms with E-state index in [4.69, 9.17) is 0 Å². The maximum atomic E-state index is 11.0. The van der Waals surface area contributed by atoms with Gasteiger partial charge in [0, 0.05) is 10.4 Å². The lowest BCUT2D eigenvalue weighted by atomic mass is 10.0. The molecule has 3 nitrogen and oxygen atoms in total. The highest BCUT2D eigenvalue weighted by Gasteiger charge is 2.14. The molecule has 0 aliphatic carbocycles. The van der Waals surface area contributed by atoms with Crippen molar-refractivity contribution >= 4 is 11.8 Å². The number of rotatable bonds is 3. The van der Waals surface area contributed by atoms with E-state index in [2.05, 4.69) is 4.94 Å². The lowest BCUT2D eigenvalue weighted by Gasteiger charge is -2.01. The van der Waals surface area contributed by atoms with Crippen molar-refractivity contribution in [3.63, 3.8) is 0 Å². The lowest BCUT2D eigenvalue weighted by molar-refractivity contribution is -0.184. The standard InChI is InChI=1S/C6H9FO3/c1-4(5(2)8)3-6(9)10-7/h4H,3H2,1-2H3. The molecule has 0 aliphatic heterocycles. The molecule has 0 saturated carbocycles. The molecule has 0 fully saturated rings. The van der Waals surface area contributed by atoms with Gasteiger partial charge in [0.15, 0.2) is 0 Å². The van der Waals surface area contributed by atoms with Crippen LogP contribution in [0.1, 0.15) is 20.3 Å². The van der Waals surface area contributed by atoms with Crippen LogP contribution in [-0.4, -0.2) is 11.8 Å². The first-order valence-electron chi connectivity index (χ1n) is 2.89. The van der Waals surface area contributed by atoms with Gasteiger partial charge in [0.25, 0.3) is 0 Å². The quantitative estimate of drug-likeness (QED) is 0.600. The Morgan fingerprint density at radius 3 is 2.40 bits per heavy atom. The van der Waals surface area contributed by atoms with E-state index in [0.29, 0.717) is 0 Å². The normalized spacial score (nSPS) is 12.3. The minimum Gasteiger partial charge on any atom is -0.300 e. The van der Waals surface area contributed by atoms with Crippen LogP contribution in [0.15, 0.2) is 0 Å². The molecule has 1 atom stereocenters. The molecule has 58 valence electrons. The zero-order valence-corrected chi connectivity index (χ0v) is 5.89. The van der Waals surface area contributed by atoms with Gasteiger partial charge in [0.1, 0.15) is 5.78 Å². The van der Waals surface area contributed by atoms with Gasteiger partial charge in [-0.1, -0.05) is 6.92 Å². The van der Waals surface area contributed by atoms with Crippen LogP contribution in [0.4, 0.5) is 4.53 Å². The number of carbonyl (C=O) groups excluding carboxylic acids is 2. The van der Waals surface area contributed by atoms with Crippen LogP contribution >= 0.6 is 0 Å². The predicted molar refractivity (Wildman–Crippen MR) is 31.7 cm³/mol. The lowest BCUT2D eigenvalue weighted by Crippen LogP contribution is -2.12. The fraction of sp³-hybridized carbons (Fsp3) is 0.667. The Kier molecular flexibility index (Phi) is 3.61. The maximum absolute atomic E-state index is 11.0. The molecule has 0 N–H and O–H groups in total. The first-order chi connectivity index (χ1) is 4.57. The average Bonchev–Trinajstić information content (AvgIpc) is 1.87. The van der Waals surface area contributed by atoms with Gasteiger partial charge in [0.05, 0.1) is 6.42 Å². The number of ketones is 1. The van der Waals surface area contributed by atoms with E-state index < -0.39 is 11.9 Å². The van der Waals surface area contributed by atoms with Gasteiger partial charge >= 0.3 is 5.97 Å². The van der Waals surface area contributed by atoms with Gasteiger partial charge in [0.2, 0.25) is 0 Å². The van der Waals surface area contributed by atoms with Gasteiger partial charge in [-0.25, -0.2) is 4.79 Å². The van der Waals surface area contributed by atoms with E-state index in [1.54, 1.807) is 6.92 Å². The summed E-state index contributed by atoms with van der Waals surface area (Å²) in [5, 5.41) is 0. The molecule has 0 aromatic rings. The van der Waals surface area contributed by atoms with Crippen molar-refractivity contribution in [2.75, 3.05) is 0 Å².